The molecule has 2 rings (SSSR count). The molecule has 1 atom stereocenters. The van der Waals surface area contributed by atoms with Gasteiger partial charge in [0.25, 0.3) is 5.91 Å². The van der Waals surface area contributed by atoms with Crippen LogP contribution in [0.4, 0.5) is 4.39 Å². The highest BCUT2D eigenvalue weighted by Gasteiger charge is 2.23. The highest BCUT2D eigenvalue weighted by molar-refractivity contribution is 5.92. The van der Waals surface area contributed by atoms with E-state index >= 15 is 0 Å². The Kier molecular flexibility index (Phi) is 5.96. The van der Waals surface area contributed by atoms with Crippen molar-refractivity contribution in [1.29, 1.82) is 0 Å². The fourth-order valence-corrected chi connectivity index (χ4v) is 2.64. The molecule has 0 saturated heterocycles. The molecule has 1 N–H and O–H groups in total. The predicted octanol–water partition coefficient (Wildman–Crippen LogP) is 2.83. The molecule has 1 aromatic rings. The van der Waals surface area contributed by atoms with Gasteiger partial charge >= 0.3 is 5.97 Å². The Morgan fingerprint density at radius 3 is 2.57 bits per heavy atom. The van der Waals surface area contributed by atoms with Gasteiger partial charge in [0.1, 0.15) is 0 Å². The summed E-state index contributed by atoms with van der Waals surface area (Å²) in [5.74, 6) is -1.66. The van der Waals surface area contributed by atoms with E-state index in [4.69, 9.17) is 9.47 Å². The Morgan fingerprint density at radius 1 is 1.26 bits per heavy atom. The van der Waals surface area contributed by atoms with Crippen LogP contribution in [0.15, 0.2) is 18.2 Å². The Labute approximate surface area is 135 Å². The van der Waals surface area contributed by atoms with Gasteiger partial charge in [0.2, 0.25) is 0 Å². The first-order valence-electron chi connectivity index (χ1n) is 7.86. The highest BCUT2D eigenvalue weighted by atomic mass is 19.1. The van der Waals surface area contributed by atoms with Gasteiger partial charge in [-0.1, -0.05) is 19.3 Å². The SMILES string of the molecule is COc1ccc(C(=O)OC(C)C(=O)NC2CCCCC2)cc1F. The minimum atomic E-state index is -0.922. The molecule has 0 spiro atoms. The van der Waals surface area contributed by atoms with Crippen molar-refractivity contribution in [3.05, 3.63) is 29.6 Å². The summed E-state index contributed by atoms with van der Waals surface area (Å²) in [5, 5.41) is 2.89. The van der Waals surface area contributed by atoms with Gasteiger partial charge in [-0.3, -0.25) is 4.79 Å². The number of hydrogen-bond acceptors (Lipinski definition) is 4. The molecule has 0 aliphatic heterocycles. The molecule has 1 aromatic carbocycles. The lowest BCUT2D eigenvalue weighted by Gasteiger charge is -2.24. The second-order valence-corrected chi connectivity index (χ2v) is 5.74. The summed E-state index contributed by atoms with van der Waals surface area (Å²) in [6.45, 7) is 1.51. The first kappa shape index (κ1) is 17.2. The van der Waals surface area contributed by atoms with E-state index in [1.54, 1.807) is 0 Å². The molecule has 0 radical (unpaired) electrons. The third-order valence-electron chi connectivity index (χ3n) is 3.99. The van der Waals surface area contributed by atoms with Gasteiger partial charge < -0.3 is 14.8 Å². The minimum absolute atomic E-state index is 0.0422. The molecular weight excluding hydrogens is 301 g/mol. The lowest BCUT2D eigenvalue weighted by Crippen LogP contribution is -2.42. The molecule has 126 valence electrons. The second-order valence-electron chi connectivity index (χ2n) is 5.74. The molecule has 1 aliphatic carbocycles. The Bertz CT molecular complexity index is 570. The number of nitrogens with one attached hydrogen (secondary N) is 1. The van der Waals surface area contributed by atoms with Crippen molar-refractivity contribution in [1.82, 2.24) is 5.32 Å². The largest absolute Gasteiger partial charge is 0.494 e. The number of ether oxygens (including phenoxy) is 2. The summed E-state index contributed by atoms with van der Waals surface area (Å²) in [4.78, 5) is 24.1. The number of amides is 1. The summed E-state index contributed by atoms with van der Waals surface area (Å²) in [6.07, 6.45) is 4.38. The molecular formula is C17H22FNO4. The number of hydrogen-bond donors (Lipinski definition) is 1. The van der Waals surface area contributed by atoms with Crippen molar-refractivity contribution in [3.63, 3.8) is 0 Å². The molecule has 0 heterocycles. The number of benzene rings is 1. The topological polar surface area (TPSA) is 64.6 Å². The molecule has 1 fully saturated rings. The maximum absolute atomic E-state index is 13.6. The summed E-state index contributed by atoms with van der Waals surface area (Å²) in [7, 11) is 1.34. The monoisotopic (exact) mass is 323 g/mol. The van der Waals surface area contributed by atoms with Crippen LogP contribution in [-0.4, -0.2) is 31.1 Å². The van der Waals surface area contributed by atoms with E-state index in [1.807, 2.05) is 0 Å². The van der Waals surface area contributed by atoms with E-state index in [9.17, 15) is 14.0 Å². The predicted molar refractivity (Wildman–Crippen MR) is 82.8 cm³/mol. The molecule has 6 heteroatoms. The molecule has 5 nitrogen and oxygen atoms in total. The minimum Gasteiger partial charge on any atom is -0.494 e. The van der Waals surface area contributed by atoms with Crippen LogP contribution in [0.3, 0.4) is 0 Å². The van der Waals surface area contributed by atoms with Crippen molar-refractivity contribution in [3.8, 4) is 5.75 Å². The van der Waals surface area contributed by atoms with E-state index in [0.717, 1.165) is 31.7 Å². The molecule has 0 bridgehead atoms. The van der Waals surface area contributed by atoms with Crippen molar-refractivity contribution < 1.29 is 23.5 Å². The van der Waals surface area contributed by atoms with Crippen molar-refractivity contribution in [2.75, 3.05) is 7.11 Å². The van der Waals surface area contributed by atoms with Crippen molar-refractivity contribution >= 4 is 11.9 Å². The van der Waals surface area contributed by atoms with Crippen LogP contribution >= 0.6 is 0 Å². The van der Waals surface area contributed by atoms with Crippen LogP contribution < -0.4 is 10.1 Å². The van der Waals surface area contributed by atoms with Gasteiger partial charge in [-0.25, -0.2) is 9.18 Å². The van der Waals surface area contributed by atoms with Crippen molar-refractivity contribution in [2.24, 2.45) is 0 Å². The van der Waals surface area contributed by atoms with Gasteiger partial charge in [-0.2, -0.15) is 0 Å². The average molecular weight is 323 g/mol. The summed E-state index contributed by atoms with van der Waals surface area (Å²) in [6, 6.07) is 3.93. The maximum Gasteiger partial charge on any atom is 0.339 e. The Hall–Kier alpha value is -2.11. The van der Waals surface area contributed by atoms with Crippen LogP contribution in [0.25, 0.3) is 0 Å². The number of carbonyl (C=O) groups excluding carboxylic acids is 2. The number of carbonyl (C=O) groups is 2. The van der Waals surface area contributed by atoms with Gasteiger partial charge in [-0.05, 0) is 38.0 Å². The third kappa shape index (κ3) is 4.68. The van der Waals surface area contributed by atoms with Crippen LogP contribution in [0, 0.1) is 5.82 Å². The second kappa shape index (κ2) is 7.94. The highest BCUT2D eigenvalue weighted by Crippen LogP contribution is 2.19. The maximum atomic E-state index is 13.6. The van der Waals surface area contributed by atoms with E-state index in [0.29, 0.717) is 0 Å². The van der Waals surface area contributed by atoms with Gasteiger partial charge in [-0.15, -0.1) is 0 Å². The zero-order valence-electron chi connectivity index (χ0n) is 13.4. The lowest BCUT2D eigenvalue weighted by molar-refractivity contribution is -0.130. The number of rotatable bonds is 5. The van der Waals surface area contributed by atoms with Gasteiger partial charge in [0.05, 0.1) is 12.7 Å². The normalized spacial score (nSPS) is 16.5. The zero-order chi connectivity index (χ0) is 16.8. The van der Waals surface area contributed by atoms with Crippen LogP contribution in [-0.2, 0) is 9.53 Å². The van der Waals surface area contributed by atoms with Crippen molar-refractivity contribution in [2.45, 2.75) is 51.2 Å². The Morgan fingerprint density at radius 2 is 1.96 bits per heavy atom. The fraction of sp³-hybridized carbons (Fsp3) is 0.529. The van der Waals surface area contributed by atoms with Gasteiger partial charge in [0, 0.05) is 6.04 Å². The number of esters is 1. The van der Waals surface area contributed by atoms with E-state index in [-0.39, 0.29) is 23.3 Å². The quantitative estimate of drug-likeness (QED) is 0.846. The molecule has 1 amide bonds. The third-order valence-corrected chi connectivity index (χ3v) is 3.99. The van der Waals surface area contributed by atoms with Crippen LogP contribution in [0.5, 0.6) is 5.75 Å². The zero-order valence-corrected chi connectivity index (χ0v) is 13.4. The van der Waals surface area contributed by atoms with Crippen LogP contribution in [0.1, 0.15) is 49.4 Å². The van der Waals surface area contributed by atoms with E-state index in [2.05, 4.69) is 5.32 Å². The number of methoxy groups -OCH3 is 1. The lowest BCUT2D eigenvalue weighted by atomic mass is 9.95. The standard InChI is InChI=1S/C17H22FNO4/c1-11(16(20)19-13-6-4-3-5-7-13)23-17(21)12-8-9-15(22-2)14(18)10-12/h8-11,13H,3-7H2,1-2H3,(H,19,20). The molecule has 1 aliphatic rings. The number of halogens is 1. The Balaban J connectivity index is 1.90. The van der Waals surface area contributed by atoms with Gasteiger partial charge in [0.15, 0.2) is 17.7 Å². The first-order chi connectivity index (χ1) is 11.0. The molecule has 1 saturated carbocycles. The van der Waals surface area contributed by atoms with Crippen LogP contribution in [0.2, 0.25) is 0 Å². The molecule has 1 unspecified atom stereocenters. The summed E-state index contributed by atoms with van der Waals surface area (Å²) in [5.41, 5.74) is 0.0422. The average Bonchev–Trinajstić information content (AvgIpc) is 2.55. The molecule has 0 aromatic heterocycles. The first-order valence-corrected chi connectivity index (χ1v) is 7.86. The molecule has 23 heavy (non-hydrogen) atoms. The smallest absolute Gasteiger partial charge is 0.339 e. The van der Waals surface area contributed by atoms with E-state index in [1.165, 1.54) is 32.6 Å². The fourth-order valence-electron chi connectivity index (χ4n) is 2.64. The summed E-state index contributed by atoms with van der Waals surface area (Å²) < 4.78 is 23.5. The van der Waals surface area contributed by atoms with E-state index < -0.39 is 17.9 Å². The summed E-state index contributed by atoms with van der Waals surface area (Å²) >= 11 is 0.